The molecule has 1 saturated carbocycles. The summed E-state index contributed by atoms with van der Waals surface area (Å²) in [6.45, 7) is 0. The molecule has 6 nitrogen and oxygen atoms in total. The minimum atomic E-state index is 0.462. The van der Waals surface area contributed by atoms with E-state index >= 15 is 0 Å². The second-order valence-corrected chi connectivity index (χ2v) is 6.12. The molecule has 3 heterocycles. The number of nitrogen functional groups attached to an aromatic ring is 1. The van der Waals surface area contributed by atoms with Crippen LogP contribution in [-0.4, -0.2) is 24.7 Å². The van der Waals surface area contributed by atoms with Gasteiger partial charge in [-0.2, -0.15) is 5.10 Å². The average Bonchev–Trinajstić information content (AvgIpc) is 3.23. The summed E-state index contributed by atoms with van der Waals surface area (Å²) in [6.07, 6.45) is 6.61. The van der Waals surface area contributed by atoms with Gasteiger partial charge in [0.05, 0.1) is 17.1 Å². The summed E-state index contributed by atoms with van der Waals surface area (Å²) in [5.74, 6) is 0.511. The quantitative estimate of drug-likeness (QED) is 0.609. The fraction of sp³-hybridized carbons (Fsp3) is 0.235. The Morgan fingerprint density at radius 2 is 2.09 bits per heavy atom. The first-order valence-corrected chi connectivity index (χ1v) is 7.84. The Kier molecular flexibility index (Phi) is 2.50. The van der Waals surface area contributed by atoms with Crippen molar-refractivity contribution in [3.05, 3.63) is 48.0 Å². The van der Waals surface area contributed by atoms with Gasteiger partial charge < -0.3 is 10.7 Å². The molecule has 0 radical (unpaired) electrons. The van der Waals surface area contributed by atoms with Gasteiger partial charge >= 0.3 is 0 Å². The van der Waals surface area contributed by atoms with E-state index in [2.05, 4.69) is 33.2 Å². The molecule has 5 rings (SSSR count). The van der Waals surface area contributed by atoms with Crippen LogP contribution in [0.1, 0.15) is 30.1 Å². The van der Waals surface area contributed by atoms with E-state index in [1.165, 1.54) is 17.3 Å². The van der Waals surface area contributed by atoms with Crippen molar-refractivity contribution in [1.82, 2.24) is 24.7 Å². The molecule has 4 aromatic rings. The fourth-order valence-corrected chi connectivity index (χ4v) is 3.22. The monoisotopic (exact) mass is 304 g/mol. The first-order valence-electron chi connectivity index (χ1n) is 7.84. The summed E-state index contributed by atoms with van der Waals surface area (Å²) < 4.78 is 2.03. The van der Waals surface area contributed by atoms with Gasteiger partial charge in [0.15, 0.2) is 5.65 Å². The van der Waals surface area contributed by atoms with Crippen LogP contribution in [0.2, 0.25) is 0 Å². The first-order chi connectivity index (χ1) is 11.3. The van der Waals surface area contributed by atoms with Crippen LogP contribution < -0.4 is 5.73 Å². The van der Waals surface area contributed by atoms with Gasteiger partial charge in [-0.15, -0.1) is 0 Å². The molecule has 23 heavy (non-hydrogen) atoms. The Labute approximate surface area is 132 Å². The molecule has 0 aliphatic heterocycles. The van der Waals surface area contributed by atoms with Gasteiger partial charge in [0.2, 0.25) is 0 Å². The topological polar surface area (TPSA) is 85.4 Å². The molecular weight excluding hydrogens is 288 g/mol. The number of aromatic nitrogens is 5. The Morgan fingerprint density at radius 3 is 2.96 bits per heavy atom. The number of aromatic amines is 1. The van der Waals surface area contributed by atoms with Crippen LogP contribution in [0.25, 0.3) is 21.9 Å². The van der Waals surface area contributed by atoms with Gasteiger partial charge in [-0.1, -0.05) is 18.2 Å². The number of benzene rings is 1. The lowest BCUT2D eigenvalue weighted by atomic mass is 10.1. The van der Waals surface area contributed by atoms with Crippen molar-refractivity contribution >= 4 is 27.8 Å². The van der Waals surface area contributed by atoms with Crippen molar-refractivity contribution in [2.75, 3.05) is 5.73 Å². The summed E-state index contributed by atoms with van der Waals surface area (Å²) in [4.78, 5) is 11.9. The van der Waals surface area contributed by atoms with Crippen LogP contribution in [0.3, 0.4) is 0 Å². The highest BCUT2D eigenvalue weighted by atomic mass is 15.3. The smallest absolute Gasteiger partial charge is 0.163 e. The number of para-hydroxylation sites is 1. The minimum Gasteiger partial charge on any atom is -0.383 e. The molecule has 3 aromatic heterocycles. The summed E-state index contributed by atoms with van der Waals surface area (Å²) >= 11 is 0. The maximum absolute atomic E-state index is 6.12. The van der Waals surface area contributed by atoms with Gasteiger partial charge in [-0.3, -0.25) is 0 Å². The number of nitrogens with two attached hydrogens (primary N) is 1. The lowest BCUT2D eigenvalue weighted by molar-refractivity contribution is 0.648. The van der Waals surface area contributed by atoms with Crippen LogP contribution in [0.15, 0.2) is 36.8 Å². The van der Waals surface area contributed by atoms with Crippen molar-refractivity contribution in [2.24, 2.45) is 0 Å². The van der Waals surface area contributed by atoms with Crippen LogP contribution in [-0.2, 0) is 6.42 Å². The number of nitrogens with zero attached hydrogens (tertiary/aromatic N) is 4. The molecule has 1 aliphatic rings. The number of fused-ring (bicyclic) bond motifs is 2. The largest absolute Gasteiger partial charge is 0.383 e. The van der Waals surface area contributed by atoms with Gasteiger partial charge in [0, 0.05) is 23.5 Å². The van der Waals surface area contributed by atoms with Crippen molar-refractivity contribution < 1.29 is 0 Å². The Hall–Kier alpha value is -2.89. The molecule has 114 valence electrons. The fourth-order valence-electron chi connectivity index (χ4n) is 3.22. The first kappa shape index (κ1) is 12.6. The van der Waals surface area contributed by atoms with E-state index in [0.29, 0.717) is 11.9 Å². The normalized spacial score (nSPS) is 14.8. The second kappa shape index (κ2) is 4.55. The second-order valence-electron chi connectivity index (χ2n) is 6.12. The van der Waals surface area contributed by atoms with E-state index in [0.717, 1.165) is 41.5 Å². The maximum atomic E-state index is 6.12. The molecule has 1 fully saturated rings. The van der Waals surface area contributed by atoms with Crippen LogP contribution >= 0.6 is 0 Å². The molecule has 3 N–H and O–H groups in total. The lowest BCUT2D eigenvalue weighted by Crippen LogP contribution is -1.98. The van der Waals surface area contributed by atoms with Crippen LogP contribution in [0.5, 0.6) is 0 Å². The SMILES string of the molecule is Nc1ncnc2c1c(Cc1c[nH]c3ccccc13)nn2C1CC1. The van der Waals surface area contributed by atoms with Crippen molar-refractivity contribution in [2.45, 2.75) is 25.3 Å². The Morgan fingerprint density at radius 1 is 1.22 bits per heavy atom. The van der Waals surface area contributed by atoms with E-state index in [1.54, 1.807) is 0 Å². The Bertz CT molecular complexity index is 1020. The molecule has 1 aliphatic carbocycles. The number of hydrogen-bond acceptors (Lipinski definition) is 4. The predicted octanol–water partition coefficient (Wildman–Crippen LogP) is 2.82. The molecular formula is C17H16N6. The van der Waals surface area contributed by atoms with Gasteiger partial charge in [0.25, 0.3) is 0 Å². The van der Waals surface area contributed by atoms with E-state index in [9.17, 15) is 0 Å². The molecule has 0 unspecified atom stereocenters. The lowest BCUT2D eigenvalue weighted by Gasteiger charge is -1.99. The minimum absolute atomic E-state index is 0.462. The molecule has 6 heteroatoms. The number of H-pyrrole nitrogens is 1. The van der Waals surface area contributed by atoms with Gasteiger partial charge in [0.1, 0.15) is 12.1 Å². The summed E-state index contributed by atoms with van der Waals surface area (Å²) in [6, 6.07) is 8.76. The maximum Gasteiger partial charge on any atom is 0.163 e. The molecule has 1 aromatic carbocycles. The van der Waals surface area contributed by atoms with E-state index in [-0.39, 0.29) is 0 Å². The van der Waals surface area contributed by atoms with Crippen LogP contribution in [0.4, 0.5) is 5.82 Å². The third-order valence-electron chi connectivity index (χ3n) is 4.52. The molecule has 0 bridgehead atoms. The third-order valence-corrected chi connectivity index (χ3v) is 4.52. The number of rotatable bonds is 3. The predicted molar refractivity (Wildman–Crippen MR) is 89.1 cm³/mol. The molecule has 0 atom stereocenters. The summed E-state index contributed by atoms with van der Waals surface area (Å²) in [5, 5.41) is 6.93. The van der Waals surface area contributed by atoms with Crippen molar-refractivity contribution in [1.29, 1.82) is 0 Å². The van der Waals surface area contributed by atoms with E-state index in [1.807, 2.05) is 16.9 Å². The highest BCUT2D eigenvalue weighted by Gasteiger charge is 2.29. The van der Waals surface area contributed by atoms with E-state index in [4.69, 9.17) is 10.8 Å². The average molecular weight is 304 g/mol. The van der Waals surface area contributed by atoms with Crippen molar-refractivity contribution in [3.8, 4) is 0 Å². The van der Waals surface area contributed by atoms with Gasteiger partial charge in [-0.25, -0.2) is 14.6 Å². The summed E-state index contributed by atoms with van der Waals surface area (Å²) in [5.41, 5.74) is 10.3. The molecule has 0 saturated heterocycles. The van der Waals surface area contributed by atoms with Gasteiger partial charge in [-0.05, 0) is 24.5 Å². The Balaban J connectivity index is 1.68. The summed E-state index contributed by atoms with van der Waals surface area (Å²) in [7, 11) is 0. The zero-order valence-corrected chi connectivity index (χ0v) is 12.5. The molecule has 0 spiro atoms. The molecule has 0 amide bonds. The van der Waals surface area contributed by atoms with Crippen LogP contribution in [0, 0.1) is 0 Å². The highest BCUT2D eigenvalue weighted by Crippen LogP contribution is 2.38. The number of hydrogen-bond donors (Lipinski definition) is 2. The number of nitrogens with one attached hydrogen (secondary N) is 1. The highest BCUT2D eigenvalue weighted by molar-refractivity contribution is 5.90. The van der Waals surface area contributed by atoms with Crippen molar-refractivity contribution in [3.63, 3.8) is 0 Å². The third kappa shape index (κ3) is 1.91. The van der Waals surface area contributed by atoms with E-state index < -0.39 is 0 Å². The zero-order valence-electron chi connectivity index (χ0n) is 12.5. The zero-order chi connectivity index (χ0) is 15.4. The number of anilines is 1. The standard InChI is InChI=1S/C17H16N6/c18-16-15-14(7-10-8-19-13-4-2-1-3-12(10)13)22-23(11-5-6-11)17(15)21-9-20-16/h1-4,8-9,11,19H,5-7H2,(H2,18,20,21).